The highest BCUT2D eigenvalue weighted by Gasteiger charge is 2.43. The molecular weight excluding hydrogens is 653 g/mol. The molecule has 0 unspecified atom stereocenters. The normalized spacial score (nSPS) is 13.3. The number of hydrogen-bond donors (Lipinski definition) is 0. The fourth-order valence-corrected chi connectivity index (χ4v) is 5.17. The molecule has 0 spiro atoms. The summed E-state index contributed by atoms with van der Waals surface area (Å²) in [5.74, 6) is -0.808. The fourth-order valence-electron chi connectivity index (χ4n) is 4.38. The molecule has 10 nitrogen and oxygen atoms in total. The van der Waals surface area contributed by atoms with Crippen LogP contribution in [0, 0.1) is 13.7 Å². The summed E-state index contributed by atoms with van der Waals surface area (Å²) in [6, 6.07) is 25.4. The first kappa shape index (κ1) is 28.5. The summed E-state index contributed by atoms with van der Waals surface area (Å²) < 4.78 is 12.1. The van der Waals surface area contributed by atoms with Crippen LogP contribution >= 0.6 is 22.6 Å². The van der Waals surface area contributed by atoms with Gasteiger partial charge in [0.15, 0.2) is 11.5 Å². The molecule has 0 aromatic heterocycles. The van der Waals surface area contributed by atoms with Crippen molar-refractivity contribution in [1.82, 2.24) is 0 Å². The molecule has 1 fully saturated rings. The zero-order valence-corrected chi connectivity index (χ0v) is 24.3. The van der Waals surface area contributed by atoms with Crippen LogP contribution in [-0.2, 0) is 16.2 Å². The standard InChI is InChI=1S/C31H22IN3O7/c1-41-27-18-21(17-26(32)28(27)42-19-20-9-8-14-24(15-20)35(39)40)16-25-29(36)33(22-10-4-2-5-11-22)31(38)34(30(25)37)23-12-6-3-7-13-23/h2-18H,19H2,1H3. The lowest BCUT2D eigenvalue weighted by Crippen LogP contribution is -2.57. The number of non-ortho nitro benzene ring substituents is 1. The number of hydrogen-bond acceptors (Lipinski definition) is 7. The van der Waals surface area contributed by atoms with Crippen LogP contribution in [0.5, 0.6) is 11.5 Å². The Bertz CT molecular complexity index is 1660. The zero-order valence-electron chi connectivity index (χ0n) is 22.1. The molecule has 42 heavy (non-hydrogen) atoms. The van der Waals surface area contributed by atoms with E-state index < -0.39 is 22.8 Å². The summed E-state index contributed by atoms with van der Waals surface area (Å²) in [5.41, 5.74) is 1.44. The molecule has 0 atom stereocenters. The third-order valence-electron chi connectivity index (χ3n) is 6.35. The molecular formula is C31H22IN3O7. The van der Waals surface area contributed by atoms with Gasteiger partial charge in [0.1, 0.15) is 12.2 Å². The summed E-state index contributed by atoms with van der Waals surface area (Å²) >= 11 is 2.04. The molecule has 0 radical (unpaired) electrons. The van der Waals surface area contributed by atoms with E-state index in [0.717, 1.165) is 9.80 Å². The number of carbonyl (C=O) groups is 3. The Morgan fingerprint density at radius 2 is 1.43 bits per heavy atom. The van der Waals surface area contributed by atoms with Gasteiger partial charge in [-0.2, -0.15) is 0 Å². The van der Waals surface area contributed by atoms with Crippen molar-refractivity contribution in [1.29, 1.82) is 0 Å². The number of rotatable bonds is 8. The number of anilines is 2. The number of barbiturate groups is 1. The van der Waals surface area contributed by atoms with Crippen LogP contribution in [0.15, 0.2) is 103 Å². The quantitative estimate of drug-likeness (QED) is 0.0700. The summed E-state index contributed by atoms with van der Waals surface area (Å²) in [6.07, 6.45) is 1.41. The number of methoxy groups -OCH3 is 1. The number of ether oxygens (including phenoxy) is 2. The summed E-state index contributed by atoms with van der Waals surface area (Å²) in [6.45, 7) is 0.0473. The van der Waals surface area contributed by atoms with Gasteiger partial charge in [-0.15, -0.1) is 0 Å². The molecule has 210 valence electrons. The molecule has 1 heterocycles. The van der Waals surface area contributed by atoms with E-state index in [4.69, 9.17) is 9.47 Å². The van der Waals surface area contributed by atoms with E-state index in [9.17, 15) is 24.5 Å². The number of amides is 4. The van der Waals surface area contributed by atoms with Gasteiger partial charge in [0.05, 0.1) is 27.0 Å². The summed E-state index contributed by atoms with van der Waals surface area (Å²) in [4.78, 5) is 53.4. The number of halogens is 1. The van der Waals surface area contributed by atoms with Gasteiger partial charge in [-0.25, -0.2) is 14.6 Å². The first-order chi connectivity index (χ1) is 20.3. The van der Waals surface area contributed by atoms with Gasteiger partial charge in [0.25, 0.3) is 17.5 Å². The maximum Gasteiger partial charge on any atom is 0.343 e. The molecule has 11 heteroatoms. The number of imide groups is 2. The van der Waals surface area contributed by atoms with Crippen LogP contribution < -0.4 is 19.3 Å². The minimum atomic E-state index is -0.781. The Morgan fingerprint density at radius 3 is 1.98 bits per heavy atom. The van der Waals surface area contributed by atoms with Crippen molar-refractivity contribution in [2.75, 3.05) is 16.9 Å². The highest BCUT2D eigenvalue weighted by molar-refractivity contribution is 14.1. The third-order valence-corrected chi connectivity index (χ3v) is 7.15. The molecule has 4 aromatic carbocycles. The molecule has 1 aliphatic rings. The monoisotopic (exact) mass is 675 g/mol. The van der Waals surface area contributed by atoms with Crippen LogP contribution in [0.1, 0.15) is 11.1 Å². The Labute approximate surface area is 254 Å². The van der Waals surface area contributed by atoms with Crippen molar-refractivity contribution in [2.24, 2.45) is 0 Å². The highest BCUT2D eigenvalue weighted by atomic mass is 127. The number of nitrogens with zero attached hydrogens (tertiary/aromatic N) is 3. The molecule has 1 aliphatic heterocycles. The van der Waals surface area contributed by atoms with Gasteiger partial charge in [0.2, 0.25) is 0 Å². The Kier molecular flexibility index (Phi) is 8.29. The van der Waals surface area contributed by atoms with Crippen LogP contribution in [0.2, 0.25) is 0 Å². The van der Waals surface area contributed by atoms with E-state index in [2.05, 4.69) is 0 Å². The van der Waals surface area contributed by atoms with Crippen molar-refractivity contribution in [3.05, 3.63) is 127 Å². The molecule has 0 N–H and O–H groups in total. The van der Waals surface area contributed by atoms with E-state index in [0.29, 0.717) is 37.6 Å². The van der Waals surface area contributed by atoms with Crippen LogP contribution in [0.4, 0.5) is 21.9 Å². The second-order valence-electron chi connectivity index (χ2n) is 9.04. The fraction of sp³-hybridized carbons (Fsp3) is 0.0645. The van der Waals surface area contributed by atoms with Crippen molar-refractivity contribution in [3.63, 3.8) is 0 Å². The second kappa shape index (κ2) is 12.2. The maximum absolute atomic E-state index is 13.7. The van der Waals surface area contributed by atoms with Crippen molar-refractivity contribution < 1.29 is 28.8 Å². The van der Waals surface area contributed by atoms with Crippen LogP contribution in [-0.4, -0.2) is 29.9 Å². The van der Waals surface area contributed by atoms with Gasteiger partial charge in [-0.3, -0.25) is 19.7 Å². The number of benzene rings is 4. The van der Waals surface area contributed by atoms with E-state index in [1.807, 2.05) is 22.6 Å². The molecule has 1 saturated heterocycles. The smallest absolute Gasteiger partial charge is 0.343 e. The highest BCUT2D eigenvalue weighted by Crippen LogP contribution is 2.36. The average molecular weight is 675 g/mol. The molecule has 0 aliphatic carbocycles. The average Bonchev–Trinajstić information content (AvgIpc) is 2.99. The SMILES string of the molecule is COc1cc(C=C2C(=O)N(c3ccccc3)C(=O)N(c3ccccc3)C2=O)cc(I)c1OCc1cccc([N+](=O)[O-])c1. The first-order valence-electron chi connectivity index (χ1n) is 12.6. The Hall–Kier alpha value is -5.04. The predicted molar refractivity (Wildman–Crippen MR) is 164 cm³/mol. The predicted octanol–water partition coefficient (Wildman–Crippen LogP) is 6.37. The third kappa shape index (κ3) is 5.72. The largest absolute Gasteiger partial charge is 0.493 e. The van der Waals surface area contributed by atoms with Gasteiger partial charge < -0.3 is 9.47 Å². The van der Waals surface area contributed by atoms with E-state index >= 15 is 0 Å². The lowest BCUT2D eigenvalue weighted by Gasteiger charge is -2.34. The number of nitro groups is 1. The maximum atomic E-state index is 13.7. The Morgan fingerprint density at radius 1 is 0.833 bits per heavy atom. The zero-order chi connectivity index (χ0) is 29.8. The summed E-state index contributed by atoms with van der Waals surface area (Å²) in [5, 5.41) is 11.1. The molecule has 0 saturated carbocycles. The number of carbonyl (C=O) groups excluding carboxylic acids is 3. The Balaban J connectivity index is 1.52. The molecule has 4 amide bonds. The van der Waals surface area contributed by atoms with Gasteiger partial charge in [0, 0.05) is 12.1 Å². The molecule has 5 rings (SSSR count). The van der Waals surface area contributed by atoms with E-state index in [1.165, 1.54) is 25.3 Å². The van der Waals surface area contributed by atoms with Crippen molar-refractivity contribution in [2.45, 2.75) is 6.61 Å². The van der Waals surface area contributed by atoms with Crippen molar-refractivity contribution in [3.8, 4) is 11.5 Å². The molecule has 0 bridgehead atoms. The van der Waals surface area contributed by atoms with E-state index in [-0.39, 0.29) is 17.9 Å². The number of para-hydroxylation sites is 2. The van der Waals surface area contributed by atoms with Gasteiger partial charge in [-0.05, 0) is 76.2 Å². The minimum absolute atomic E-state index is 0.0471. The summed E-state index contributed by atoms with van der Waals surface area (Å²) in [7, 11) is 1.45. The van der Waals surface area contributed by atoms with Crippen LogP contribution in [0.3, 0.4) is 0 Å². The van der Waals surface area contributed by atoms with Gasteiger partial charge >= 0.3 is 6.03 Å². The van der Waals surface area contributed by atoms with E-state index in [1.54, 1.807) is 84.9 Å². The lowest BCUT2D eigenvalue weighted by atomic mass is 10.0. The topological polar surface area (TPSA) is 119 Å². The first-order valence-corrected chi connectivity index (χ1v) is 13.6. The lowest BCUT2D eigenvalue weighted by molar-refractivity contribution is -0.384. The van der Waals surface area contributed by atoms with Crippen molar-refractivity contribution >= 4 is 63.6 Å². The second-order valence-corrected chi connectivity index (χ2v) is 10.2. The number of urea groups is 1. The van der Waals surface area contributed by atoms with Gasteiger partial charge in [-0.1, -0.05) is 48.5 Å². The van der Waals surface area contributed by atoms with Crippen LogP contribution in [0.25, 0.3) is 6.08 Å². The number of nitro benzene ring substituents is 1. The minimum Gasteiger partial charge on any atom is -0.493 e. The molecule has 4 aromatic rings.